The fourth-order valence-corrected chi connectivity index (χ4v) is 6.53. The van der Waals surface area contributed by atoms with Crippen molar-refractivity contribution >= 4 is 39.2 Å². The van der Waals surface area contributed by atoms with Gasteiger partial charge in [-0.15, -0.1) is 11.3 Å². The number of nitrogens with zero attached hydrogens (tertiary/aromatic N) is 4. The van der Waals surface area contributed by atoms with Crippen molar-refractivity contribution in [3.8, 4) is 5.69 Å². The summed E-state index contributed by atoms with van der Waals surface area (Å²) in [4.78, 5) is 37.6. The Morgan fingerprint density at radius 1 is 1.25 bits per heavy atom. The molecule has 9 heteroatoms. The Kier molecular flexibility index (Phi) is 6.07. The van der Waals surface area contributed by atoms with Gasteiger partial charge in [0.05, 0.1) is 30.0 Å². The van der Waals surface area contributed by atoms with Crippen LogP contribution in [0.25, 0.3) is 15.9 Å². The smallest absolute Gasteiger partial charge is 0.267 e. The maximum absolute atomic E-state index is 13.8. The number of hydrogen-bond acceptors (Lipinski definition) is 7. The van der Waals surface area contributed by atoms with Crippen LogP contribution >= 0.6 is 23.1 Å². The zero-order chi connectivity index (χ0) is 22.2. The second-order valence-electron chi connectivity index (χ2n) is 8.33. The predicted octanol–water partition coefficient (Wildman–Crippen LogP) is 2.69. The van der Waals surface area contributed by atoms with E-state index < -0.39 is 0 Å². The third kappa shape index (κ3) is 4.10. The number of likely N-dealkylation sites (N-methyl/N-ethyl adjacent to an activating group) is 1. The van der Waals surface area contributed by atoms with Gasteiger partial charge in [-0.2, -0.15) is 0 Å². The molecule has 0 aliphatic carbocycles. The molecule has 1 saturated heterocycles. The van der Waals surface area contributed by atoms with Gasteiger partial charge in [-0.25, -0.2) is 4.98 Å². The molecule has 2 aliphatic heterocycles. The highest BCUT2D eigenvalue weighted by molar-refractivity contribution is 7.99. The number of amides is 1. The van der Waals surface area contributed by atoms with E-state index in [0.29, 0.717) is 31.5 Å². The normalized spacial score (nSPS) is 17.0. The maximum Gasteiger partial charge on any atom is 0.267 e. The van der Waals surface area contributed by atoms with E-state index in [2.05, 4.69) is 11.9 Å². The van der Waals surface area contributed by atoms with Gasteiger partial charge in [0, 0.05) is 31.1 Å². The summed E-state index contributed by atoms with van der Waals surface area (Å²) in [6.45, 7) is 6.17. The topological polar surface area (TPSA) is 67.7 Å². The molecule has 1 fully saturated rings. The highest BCUT2D eigenvalue weighted by Crippen LogP contribution is 2.34. The number of carbonyl (C=O) groups excluding carboxylic acids is 1. The number of morpholine rings is 1. The summed E-state index contributed by atoms with van der Waals surface area (Å²) in [6, 6.07) is 7.89. The number of ether oxygens (including phenoxy) is 1. The second-order valence-corrected chi connectivity index (χ2v) is 10.4. The summed E-state index contributed by atoms with van der Waals surface area (Å²) in [5, 5.41) is 1.31. The molecule has 0 bridgehead atoms. The van der Waals surface area contributed by atoms with Crippen LogP contribution in [-0.2, 0) is 22.5 Å². The minimum atomic E-state index is -0.0380. The molecule has 0 radical (unpaired) electrons. The van der Waals surface area contributed by atoms with Crippen molar-refractivity contribution in [1.82, 2.24) is 19.4 Å². The highest BCUT2D eigenvalue weighted by Gasteiger charge is 2.25. The molecule has 2 aromatic heterocycles. The van der Waals surface area contributed by atoms with E-state index in [-0.39, 0.29) is 17.2 Å². The Balaban J connectivity index is 1.58. The van der Waals surface area contributed by atoms with E-state index in [0.717, 1.165) is 46.5 Å². The van der Waals surface area contributed by atoms with Crippen LogP contribution in [0.1, 0.15) is 16.0 Å². The van der Waals surface area contributed by atoms with Gasteiger partial charge in [0.15, 0.2) is 5.16 Å². The van der Waals surface area contributed by atoms with Crippen LogP contribution in [0, 0.1) is 6.92 Å². The minimum absolute atomic E-state index is 0.0380. The van der Waals surface area contributed by atoms with Crippen LogP contribution in [0.15, 0.2) is 34.2 Å². The lowest BCUT2D eigenvalue weighted by Gasteiger charge is -2.26. The molecule has 0 atom stereocenters. The van der Waals surface area contributed by atoms with Gasteiger partial charge < -0.3 is 14.5 Å². The maximum atomic E-state index is 13.8. The van der Waals surface area contributed by atoms with Crippen molar-refractivity contribution in [3.63, 3.8) is 0 Å². The van der Waals surface area contributed by atoms with Gasteiger partial charge >= 0.3 is 0 Å². The van der Waals surface area contributed by atoms with Crippen LogP contribution in [0.2, 0.25) is 0 Å². The Morgan fingerprint density at radius 3 is 2.84 bits per heavy atom. The molecule has 7 nitrogen and oxygen atoms in total. The van der Waals surface area contributed by atoms with Crippen LogP contribution in [-0.4, -0.2) is 70.9 Å². The van der Waals surface area contributed by atoms with Crippen molar-refractivity contribution in [3.05, 3.63) is 50.6 Å². The average Bonchev–Trinajstić information content (AvgIpc) is 3.15. The molecule has 0 N–H and O–H groups in total. The fourth-order valence-electron chi connectivity index (χ4n) is 4.27. The summed E-state index contributed by atoms with van der Waals surface area (Å²) in [7, 11) is 2.10. The molecule has 168 valence electrons. The Morgan fingerprint density at radius 2 is 2.06 bits per heavy atom. The molecule has 4 heterocycles. The Labute approximate surface area is 195 Å². The standard InChI is InChI=1S/C23H26N4O3S2/c1-15-4-3-5-16(12-15)27-22(29)20-17-6-7-25(2)13-18(17)32-21(20)24-23(27)31-14-19(28)26-8-10-30-11-9-26/h3-5,12H,6-11,13-14H2,1-2H3. The zero-order valence-corrected chi connectivity index (χ0v) is 19.9. The lowest BCUT2D eigenvalue weighted by molar-refractivity contribution is -0.132. The van der Waals surface area contributed by atoms with Crippen molar-refractivity contribution in [2.75, 3.05) is 45.6 Å². The largest absolute Gasteiger partial charge is 0.378 e. The average molecular weight is 471 g/mol. The van der Waals surface area contributed by atoms with Gasteiger partial charge in [0.25, 0.3) is 5.56 Å². The molecular formula is C23H26N4O3S2. The number of thiophene rings is 1. The molecule has 2 aliphatic rings. The molecule has 0 saturated carbocycles. The van der Waals surface area contributed by atoms with Gasteiger partial charge in [0.2, 0.25) is 5.91 Å². The van der Waals surface area contributed by atoms with E-state index in [1.165, 1.54) is 16.6 Å². The number of benzene rings is 1. The number of aryl methyl sites for hydroxylation is 1. The van der Waals surface area contributed by atoms with Crippen molar-refractivity contribution in [1.29, 1.82) is 0 Å². The van der Waals surface area contributed by atoms with Crippen molar-refractivity contribution in [2.24, 2.45) is 0 Å². The number of rotatable bonds is 4. The van der Waals surface area contributed by atoms with E-state index in [1.54, 1.807) is 15.9 Å². The third-order valence-electron chi connectivity index (χ3n) is 5.98. The monoisotopic (exact) mass is 470 g/mol. The van der Waals surface area contributed by atoms with Crippen molar-refractivity contribution < 1.29 is 9.53 Å². The van der Waals surface area contributed by atoms with E-state index in [4.69, 9.17) is 9.72 Å². The quantitative estimate of drug-likeness (QED) is 0.432. The van der Waals surface area contributed by atoms with Crippen molar-refractivity contribution in [2.45, 2.75) is 25.0 Å². The number of fused-ring (bicyclic) bond motifs is 3. The fraction of sp³-hybridized carbons (Fsp3) is 0.435. The highest BCUT2D eigenvalue weighted by atomic mass is 32.2. The molecule has 3 aromatic rings. The molecule has 32 heavy (non-hydrogen) atoms. The first kappa shape index (κ1) is 21.6. The summed E-state index contributed by atoms with van der Waals surface area (Å²) in [5.74, 6) is 0.299. The lowest BCUT2D eigenvalue weighted by Crippen LogP contribution is -2.41. The summed E-state index contributed by atoms with van der Waals surface area (Å²) in [6.07, 6.45) is 0.860. The van der Waals surface area contributed by atoms with Gasteiger partial charge in [-0.3, -0.25) is 14.2 Å². The predicted molar refractivity (Wildman–Crippen MR) is 128 cm³/mol. The molecule has 5 rings (SSSR count). The van der Waals surface area contributed by atoms with Gasteiger partial charge in [-0.1, -0.05) is 23.9 Å². The first-order valence-corrected chi connectivity index (χ1v) is 12.6. The van der Waals surface area contributed by atoms with Crippen LogP contribution in [0.4, 0.5) is 0 Å². The van der Waals surface area contributed by atoms with E-state index >= 15 is 0 Å². The number of thioether (sulfide) groups is 1. The minimum Gasteiger partial charge on any atom is -0.378 e. The first-order chi connectivity index (χ1) is 15.5. The van der Waals surface area contributed by atoms with Gasteiger partial charge in [0.1, 0.15) is 4.83 Å². The lowest BCUT2D eigenvalue weighted by atomic mass is 10.1. The first-order valence-electron chi connectivity index (χ1n) is 10.8. The number of carbonyl (C=O) groups is 1. The van der Waals surface area contributed by atoms with Gasteiger partial charge in [-0.05, 0) is 43.7 Å². The molecule has 0 spiro atoms. The Hall–Kier alpha value is -2.20. The summed E-state index contributed by atoms with van der Waals surface area (Å²) >= 11 is 2.95. The number of hydrogen-bond donors (Lipinski definition) is 0. The van der Waals surface area contributed by atoms with E-state index in [1.807, 2.05) is 36.1 Å². The molecule has 1 aromatic carbocycles. The summed E-state index contributed by atoms with van der Waals surface area (Å²) < 4.78 is 7.04. The SMILES string of the molecule is Cc1cccc(-n2c(SCC(=O)N3CCOCC3)nc3sc4c(c3c2=O)CCN(C)C4)c1. The van der Waals surface area contributed by atoms with E-state index in [9.17, 15) is 9.59 Å². The number of aromatic nitrogens is 2. The van der Waals surface area contributed by atoms with Crippen LogP contribution in [0.5, 0.6) is 0 Å². The summed E-state index contributed by atoms with van der Waals surface area (Å²) in [5.41, 5.74) is 2.97. The Bertz CT molecular complexity index is 1230. The van der Waals surface area contributed by atoms with Crippen LogP contribution < -0.4 is 5.56 Å². The second kappa shape index (κ2) is 8.97. The third-order valence-corrected chi connectivity index (χ3v) is 8.02. The zero-order valence-electron chi connectivity index (χ0n) is 18.3. The molecule has 1 amide bonds. The molecule has 0 unspecified atom stereocenters. The molecular weight excluding hydrogens is 444 g/mol. The van der Waals surface area contributed by atoms with Crippen LogP contribution in [0.3, 0.4) is 0 Å².